The maximum Gasteiger partial charge on any atom is 0.270 e. The monoisotopic (exact) mass is 277 g/mol. The zero-order chi connectivity index (χ0) is 14.0. The molecule has 1 fully saturated rings. The van der Waals surface area contributed by atoms with Crippen LogP contribution in [0.2, 0.25) is 0 Å². The molecule has 0 bridgehead atoms. The van der Waals surface area contributed by atoms with Crippen molar-refractivity contribution in [2.45, 2.75) is 39.2 Å². The number of hydrogen-bond acceptors (Lipinski definition) is 3. The van der Waals surface area contributed by atoms with Crippen LogP contribution >= 0.6 is 12.2 Å². The molecule has 1 unspecified atom stereocenters. The van der Waals surface area contributed by atoms with Crippen molar-refractivity contribution in [3.8, 4) is 0 Å². The lowest BCUT2D eigenvalue weighted by Crippen LogP contribution is -2.41. The third-order valence-corrected chi connectivity index (χ3v) is 4.08. The van der Waals surface area contributed by atoms with Gasteiger partial charge in [0.25, 0.3) is 5.91 Å². The first kappa shape index (κ1) is 13.9. The van der Waals surface area contributed by atoms with Crippen molar-refractivity contribution in [3.05, 3.63) is 29.6 Å². The second-order valence-electron chi connectivity index (χ2n) is 5.70. The third kappa shape index (κ3) is 3.10. The minimum atomic E-state index is -0.130. The molecular weight excluding hydrogens is 258 g/mol. The van der Waals surface area contributed by atoms with Gasteiger partial charge in [0.2, 0.25) is 0 Å². The zero-order valence-electron chi connectivity index (χ0n) is 11.3. The minimum Gasteiger partial charge on any atom is -0.389 e. The van der Waals surface area contributed by atoms with Gasteiger partial charge in [-0.25, -0.2) is 0 Å². The van der Waals surface area contributed by atoms with Crippen molar-refractivity contribution < 1.29 is 4.79 Å². The highest BCUT2D eigenvalue weighted by atomic mass is 32.1. The van der Waals surface area contributed by atoms with E-state index in [2.05, 4.69) is 24.1 Å². The summed E-state index contributed by atoms with van der Waals surface area (Å²) in [5, 5.41) is 3.07. The van der Waals surface area contributed by atoms with E-state index in [9.17, 15) is 4.79 Å². The Bertz CT molecular complexity index is 496. The van der Waals surface area contributed by atoms with Gasteiger partial charge >= 0.3 is 0 Å². The average Bonchev–Trinajstić information content (AvgIpc) is 2.69. The van der Waals surface area contributed by atoms with E-state index in [-0.39, 0.29) is 22.4 Å². The second-order valence-corrected chi connectivity index (χ2v) is 6.14. The summed E-state index contributed by atoms with van der Waals surface area (Å²) in [5.74, 6) is -0.130. The van der Waals surface area contributed by atoms with E-state index in [0.29, 0.717) is 11.3 Å². The van der Waals surface area contributed by atoms with E-state index >= 15 is 0 Å². The predicted octanol–water partition coefficient (Wildman–Crippen LogP) is 2.02. The van der Waals surface area contributed by atoms with Crippen LogP contribution in [0.5, 0.6) is 0 Å². The smallest absolute Gasteiger partial charge is 0.270 e. The fourth-order valence-corrected chi connectivity index (χ4v) is 2.62. The molecule has 0 radical (unpaired) electrons. The van der Waals surface area contributed by atoms with Crippen LogP contribution in [0.25, 0.3) is 0 Å². The molecule has 1 amide bonds. The molecule has 0 aliphatic heterocycles. The Morgan fingerprint density at radius 2 is 2.26 bits per heavy atom. The third-order valence-electron chi connectivity index (χ3n) is 3.84. The largest absolute Gasteiger partial charge is 0.389 e. The van der Waals surface area contributed by atoms with Gasteiger partial charge in [-0.1, -0.05) is 32.5 Å². The molecule has 2 rings (SSSR count). The molecule has 0 spiro atoms. The van der Waals surface area contributed by atoms with Crippen LogP contribution in [-0.2, 0) is 0 Å². The first-order valence-electron chi connectivity index (χ1n) is 6.47. The maximum atomic E-state index is 12.1. The molecule has 0 saturated heterocycles. The number of aromatic nitrogens is 1. The predicted molar refractivity (Wildman–Crippen MR) is 79.0 cm³/mol. The number of nitrogens with zero attached hydrogens (tertiary/aromatic N) is 1. The molecule has 4 nitrogen and oxygen atoms in total. The van der Waals surface area contributed by atoms with Crippen LogP contribution in [-0.4, -0.2) is 21.9 Å². The number of amides is 1. The number of thiocarbonyl (C=S) groups is 1. The molecular formula is C14H19N3OS. The molecule has 1 aromatic rings. The summed E-state index contributed by atoms with van der Waals surface area (Å²) in [5.41, 5.74) is 6.74. The molecule has 1 heterocycles. The van der Waals surface area contributed by atoms with Gasteiger partial charge in [-0.15, -0.1) is 0 Å². The highest BCUT2D eigenvalue weighted by Gasteiger charge is 2.35. The highest BCUT2D eigenvalue weighted by Crippen LogP contribution is 2.37. The van der Waals surface area contributed by atoms with Gasteiger partial charge in [0.05, 0.1) is 0 Å². The molecule has 1 aliphatic rings. The van der Waals surface area contributed by atoms with E-state index in [1.807, 2.05) is 0 Å². The van der Waals surface area contributed by atoms with E-state index in [0.717, 1.165) is 19.3 Å². The van der Waals surface area contributed by atoms with Crippen molar-refractivity contribution in [2.24, 2.45) is 11.1 Å². The minimum absolute atomic E-state index is 0.130. The molecule has 102 valence electrons. The normalized spacial score (nSPS) is 21.1. The fourth-order valence-electron chi connectivity index (χ4n) is 2.50. The lowest BCUT2D eigenvalue weighted by molar-refractivity contribution is 0.0905. The molecule has 1 aliphatic carbocycles. The molecule has 1 saturated carbocycles. The Balaban J connectivity index is 2.06. The van der Waals surface area contributed by atoms with Gasteiger partial charge in [-0.3, -0.25) is 9.78 Å². The van der Waals surface area contributed by atoms with Crippen LogP contribution in [0.3, 0.4) is 0 Å². The van der Waals surface area contributed by atoms with Crippen molar-refractivity contribution >= 4 is 23.1 Å². The summed E-state index contributed by atoms with van der Waals surface area (Å²) in [7, 11) is 0. The van der Waals surface area contributed by atoms with Crippen molar-refractivity contribution in [1.29, 1.82) is 0 Å². The SMILES string of the molecule is CC1(C)CCCC1NC(=O)c1ccc(C(N)=S)cn1. The van der Waals surface area contributed by atoms with E-state index in [4.69, 9.17) is 18.0 Å². The Labute approximate surface area is 118 Å². The van der Waals surface area contributed by atoms with Gasteiger partial charge in [-0.2, -0.15) is 0 Å². The lowest BCUT2D eigenvalue weighted by atomic mass is 9.87. The first-order valence-corrected chi connectivity index (χ1v) is 6.88. The van der Waals surface area contributed by atoms with E-state index in [1.165, 1.54) is 6.20 Å². The summed E-state index contributed by atoms with van der Waals surface area (Å²) >= 11 is 4.85. The number of nitrogens with two attached hydrogens (primary N) is 1. The van der Waals surface area contributed by atoms with Crippen LogP contribution in [0.4, 0.5) is 0 Å². The van der Waals surface area contributed by atoms with Crippen molar-refractivity contribution in [1.82, 2.24) is 10.3 Å². The molecule has 19 heavy (non-hydrogen) atoms. The Kier molecular flexibility index (Phi) is 3.85. The van der Waals surface area contributed by atoms with Gasteiger partial charge < -0.3 is 11.1 Å². The summed E-state index contributed by atoms with van der Waals surface area (Å²) in [6.45, 7) is 4.38. The molecule has 3 N–H and O–H groups in total. The average molecular weight is 277 g/mol. The topological polar surface area (TPSA) is 68.0 Å². The highest BCUT2D eigenvalue weighted by molar-refractivity contribution is 7.80. The van der Waals surface area contributed by atoms with E-state index < -0.39 is 0 Å². The number of hydrogen-bond donors (Lipinski definition) is 2. The molecule has 1 aromatic heterocycles. The van der Waals surface area contributed by atoms with Crippen LogP contribution < -0.4 is 11.1 Å². The van der Waals surface area contributed by atoms with Crippen LogP contribution in [0.1, 0.15) is 49.2 Å². The van der Waals surface area contributed by atoms with Crippen molar-refractivity contribution in [3.63, 3.8) is 0 Å². The van der Waals surface area contributed by atoms with Crippen LogP contribution in [0.15, 0.2) is 18.3 Å². The van der Waals surface area contributed by atoms with Crippen molar-refractivity contribution in [2.75, 3.05) is 0 Å². The van der Waals surface area contributed by atoms with Gasteiger partial charge in [-0.05, 0) is 30.4 Å². The Morgan fingerprint density at radius 3 is 2.74 bits per heavy atom. The Morgan fingerprint density at radius 1 is 1.53 bits per heavy atom. The summed E-state index contributed by atoms with van der Waals surface area (Å²) in [4.78, 5) is 16.5. The Hall–Kier alpha value is -1.49. The lowest BCUT2D eigenvalue weighted by Gasteiger charge is -2.27. The van der Waals surface area contributed by atoms with Crippen LogP contribution in [0, 0.1) is 5.41 Å². The zero-order valence-corrected chi connectivity index (χ0v) is 12.1. The number of carbonyl (C=O) groups is 1. The summed E-state index contributed by atoms with van der Waals surface area (Å²) < 4.78 is 0. The fraction of sp³-hybridized carbons (Fsp3) is 0.500. The number of pyridine rings is 1. The molecule has 5 heteroatoms. The summed E-state index contributed by atoms with van der Waals surface area (Å²) in [6.07, 6.45) is 4.87. The second kappa shape index (κ2) is 5.25. The van der Waals surface area contributed by atoms with E-state index in [1.54, 1.807) is 12.1 Å². The first-order chi connectivity index (χ1) is 8.90. The number of rotatable bonds is 3. The quantitative estimate of drug-likeness (QED) is 0.830. The maximum absolute atomic E-state index is 12.1. The number of carbonyl (C=O) groups excluding carboxylic acids is 1. The van der Waals surface area contributed by atoms with Gasteiger partial charge in [0.1, 0.15) is 10.7 Å². The summed E-state index contributed by atoms with van der Waals surface area (Å²) in [6, 6.07) is 3.60. The standard InChI is InChI=1S/C14H19N3OS/c1-14(2)7-3-4-11(14)17-13(18)10-6-5-9(8-16-10)12(15)19/h5-6,8,11H,3-4,7H2,1-2H3,(H2,15,19)(H,17,18). The molecule has 1 atom stereocenters. The number of nitrogens with one attached hydrogen (secondary N) is 1. The molecule has 0 aromatic carbocycles. The van der Waals surface area contributed by atoms with Gasteiger partial charge in [0, 0.05) is 17.8 Å². The van der Waals surface area contributed by atoms with Gasteiger partial charge in [0.15, 0.2) is 0 Å².